The number of halogens is 1. The molecule has 0 spiro atoms. The number of hydrogen-bond donors (Lipinski definition) is 3. The van der Waals surface area contributed by atoms with E-state index in [-0.39, 0.29) is 35.7 Å². The molecule has 10 heteroatoms. The number of nitrogens with one attached hydrogen (secondary N) is 2. The van der Waals surface area contributed by atoms with Gasteiger partial charge in [0.2, 0.25) is 17.6 Å². The third kappa shape index (κ3) is 4.50. The summed E-state index contributed by atoms with van der Waals surface area (Å²) in [6, 6.07) is 6.75. The number of nitrogens with two attached hydrogens (primary N) is 1. The van der Waals surface area contributed by atoms with Crippen LogP contribution in [0.1, 0.15) is 47.1 Å². The lowest BCUT2D eigenvalue weighted by atomic mass is 9.99. The third-order valence-corrected chi connectivity index (χ3v) is 5.31. The average Bonchev–Trinajstić information content (AvgIpc) is 3.19. The normalized spacial score (nSPS) is 11.1. The highest BCUT2D eigenvalue weighted by atomic mass is 79.9. The molecule has 0 unspecified atom stereocenters. The van der Waals surface area contributed by atoms with Crippen molar-refractivity contribution >= 4 is 50.4 Å². The Kier molecular flexibility index (Phi) is 5.95. The molecule has 1 amide bonds. The Hall–Kier alpha value is -3.66. The summed E-state index contributed by atoms with van der Waals surface area (Å²) in [6.07, 6.45) is 4.96. The van der Waals surface area contributed by atoms with E-state index in [1.54, 1.807) is 24.4 Å². The number of nitrogens with zero attached hydrogens (tertiary/aromatic N) is 4. The Morgan fingerprint density at radius 3 is 2.59 bits per heavy atom. The van der Waals surface area contributed by atoms with Crippen molar-refractivity contribution in [1.82, 2.24) is 24.9 Å². The van der Waals surface area contributed by atoms with E-state index in [2.05, 4.69) is 46.2 Å². The summed E-state index contributed by atoms with van der Waals surface area (Å²) in [7, 11) is 0. The average molecular weight is 494 g/mol. The molecule has 32 heavy (non-hydrogen) atoms. The molecule has 0 atom stereocenters. The van der Waals surface area contributed by atoms with E-state index in [1.807, 2.05) is 26.1 Å². The van der Waals surface area contributed by atoms with E-state index in [1.165, 1.54) is 6.20 Å². The largest absolute Gasteiger partial charge is 0.368 e. The number of fused-ring (bicyclic) bond motifs is 1. The van der Waals surface area contributed by atoms with E-state index in [0.29, 0.717) is 28.1 Å². The maximum atomic E-state index is 13.2. The fourth-order valence-electron chi connectivity index (χ4n) is 3.30. The number of ketones is 1. The van der Waals surface area contributed by atoms with Gasteiger partial charge in [-0.15, -0.1) is 0 Å². The highest BCUT2D eigenvalue weighted by Crippen LogP contribution is 2.28. The monoisotopic (exact) mass is 493 g/mol. The smallest absolute Gasteiger partial charge is 0.231 e. The molecule has 0 radical (unpaired) electrons. The van der Waals surface area contributed by atoms with E-state index < -0.39 is 0 Å². The molecule has 4 N–H and O–H groups in total. The van der Waals surface area contributed by atoms with E-state index in [4.69, 9.17) is 5.73 Å². The number of anilines is 2. The van der Waals surface area contributed by atoms with Crippen LogP contribution >= 0.6 is 15.9 Å². The molecule has 4 aromatic heterocycles. The predicted molar refractivity (Wildman–Crippen MR) is 124 cm³/mol. The van der Waals surface area contributed by atoms with Crippen molar-refractivity contribution in [2.45, 2.75) is 26.2 Å². The minimum atomic E-state index is -0.324. The highest BCUT2D eigenvalue weighted by Gasteiger charge is 2.21. The molecule has 0 aromatic carbocycles. The summed E-state index contributed by atoms with van der Waals surface area (Å²) in [5.41, 5.74) is 8.44. The molecule has 0 aliphatic rings. The van der Waals surface area contributed by atoms with Gasteiger partial charge in [0.1, 0.15) is 17.2 Å². The van der Waals surface area contributed by atoms with Gasteiger partial charge in [-0.2, -0.15) is 4.98 Å². The minimum absolute atomic E-state index is 0.0106. The van der Waals surface area contributed by atoms with Gasteiger partial charge in [-0.05, 0) is 51.7 Å². The number of pyridine rings is 2. The summed E-state index contributed by atoms with van der Waals surface area (Å²) in [4.78, 5) is 45.3. The number of aromatic nitrogens is 5. The van der Waals surface area contributed by atoms with Crippen LogP contribution in [0, 0.1) is 0 Å². The lowest BCUT2D eigenvalue weighted by Gasteiger charge is -2.08. The molecular weight excluding hydrogens is 474 g/mol. The molecule has 0 saturated heterocycles. The van der Waals surface area contributed by atoms with Gasteiger partial charge in [-0.25, -0.2) is 9.97 Å². The zero-order valence-corrected chi connectivity index (χ0v) is 19.0. The lowest BCUT2D eigenvalue weighted by Crippen LogP contribution is -2.16. The van der Waals surface area contributed by atoms with Crippen LogP contribution in [0.4, 0.5) is 11.8 Å². The Labute approximate surface area is 192 Å². The zero-order chi connectivity index (χ0) is 22.8. The highest BCUT2D eigenvalue weighted by molar-refractivity contribution is 9.10. The minimum Gasteiger partial charge on any atom is -0.368 e. The number of amides is 1. The summed E-state index contributed by atoms with van der Waals surface area (Å²) in [5, 5.41) is 3.36. The first-order valence-corrected chi connectivity index (χ1v) is 10.7. The maximum Gasteiger partial charge on any atom is 0.231 e. The van der Waals surface area contributed by atoms with E-state index >= 15 is 0 Å². The fraction of sp³-hybridized carbons (Fsp3) is 0.182. The van der Waals surface area contributed by atoms with Gasteiger partial charge in [0.15, 0.2) is 0 Å². The van der Waals surface area contributed by atoms with Crippen LogP contribution in [0.15, 0.2) is 47.3 Å². The quantitative estimate of drug-likeness (QED) is 0.348. The fourth-order valence-corrected chi connectivity index (χ4v) is 3.53. The molecule has 162 valence electrons. The Balaban J connectivity index is 1.54. The molecule has 0 aliphatic carbocycles. The van der Waals surface area contributed by atoms with Crippen LogP contribution in [0.5, 0.6) is 0 Å². The van der Waals surface area contributed by atoms with Crippen molar-refractivity contribution in [2.24, 2.45) is 0 Å². The van der Waals surface area contributed by atoms with Crippen LogP contribution in [0.25, 0.3) is 11.0 Å². The van der Waals surface area contributed by atoms with Gasteiger partial charge in [0, 0.05) is 34.3 Å². The number of nitrogen functional groups attached to an aromatic ring is 1. The summed E-state index contributed by atoms with van der Waals surface area (Å²) in [5.74, 6) is -0.0732. The van der Waals surface area contributed by atoms with Crippen LogP contribution in [-0.2, 0) is 11.2 Å². The number of carbonyl (C=O) groups is 2. The summed E-state index contributed by atoms with van der Waals surface area (Å²) in [6.45, 7) is 4.05. The van der Waals surface area contributed by atoms with Crippen molar-refractivity contribution in [2.75, 3.05) is 11.1 Å². The second-order valence-electron chi connectivity index (χ2n) is 7.51. The Morgan fingerprint density at radius 2 is 1.94 bits per heavy atom. The third-order valence-electron chi connectivity index (χ3n) is 4.84. The van der Waals surface area contributed by atoms with Crippen LogP contribution < -0.4 is 11.1 Å². The molecule has 0 bridgehead atoms. The van der Waals surface area contributed by atoms with Crippen molar-refractivity contribution in [3.8, 4) is 0 Å². The Bertz CT molecular complexity index is 1300. The molecule has 4 aromatic rings. The second kappa shape index (κ2) is 8.83. The topological polar surface area (TPSA) is 140 Å². The van der Waals surface area contributed by atoms with Gasteiger partial charge >= 0.3 is 0 Å². The van der Waals surface area contributed by atoms with Crippen LogP contribution in [0.3, 0.4) is 0 Å². The van der Waals surface area contributed by atoms with Crippen molar-refractivity contribution < 1.29 is 9.59 Å². The van der Waals surface area contributed by atoms with Gasteiger partial charge < -0.3 is 16.0 Å². The first-order chi connectivity index (χ1) is 15.3. The molecule has 0 fully saturated rings. The maximum absolute atomic E-state index is 13.2. The van der Waals surface area contributed by atoms with E-state index in [9.17, 15) is 9.59 Å². The first-order valence-electron chi connectivity index (χ1n) is 9.87. The zero-order valence-electron chi connectivity index (χ0n) is 17.4. The molecule has 9 nitrogen and oxygen atoms in total. The van der Waals surface area contributed by atoms with Crippen LogP contribution in [-0.4, -0.2) is 36.6 Å². The van der Waals surface area contributed by atoms with Gasteiger partial charge in [0.05, 0.1) is 11.8 Å². The molecule has 4 heterocycles. The summed E-state index contributed by atoms with van der Waals surface area (Å²) < 4.78 is 0.839. The van der Waals surface area contributed by atoms with Crippen molar-refractivity contribution in [1.29, 1.82) is 0 Å². The molecular formula is C22H20BrN7O2. The molecule has 4 rings (SSSR count). The van der Waals surface area contributed by atoms with Gasteiger partial charge in [-0.1, -0.05) is 13.8 Å². The standard InChI is InChI=1S/C22H20BrN7O2/c1-11(2)15-10-27-21-18(15)19(29-22(24)30-21)20(32)12-3-6-16(26-8-12)28-17(31)7-14-5-4-13(23)9-25-14/h3-6,8-11H,7H2,1-2H3,(H,26,28,31)(H3,24,27,29,30). The molecule has 0 saturated carbocycles. The predicted octanol–water partition coefficient (Wildman–Crippen LogP) is 3.63. The van der Waals surface area contributed by atoms with Gasteiger partial charge in [0.25, 0.3) is 0 Å². The number of H-pyrrole nitrogens is 1. The molecule has 0 aliphatic heterocycles. The SMILES string of the molecule is CC(C)c1c[nH]c2nc(N)nc(C(=O)c3ccc(NC(=O)Cc4ccc(Br)cn4)nc3)c12. The van der Waals surface area contributed by atoms with Gasteiger partial charge in [-0.3, -0.25) is 14.6 Å². The first kappa shape index (κ1) is 21.6. The number of hydrogen-bond acceptors (Lipinski definition) is 7. The van der Waals surface area contributed by atoms with Crippen LogP contribution in [0.2, 0.25) is 0 Å². The summed E-state index contributed by atoms with van der Waals surface area (Å²) >= 11 is 3.31. The Morgan fingerprint density at radius 1 is 1.12 bits per heavy atom. The van der Waals surface area contributed by atoms with Crippen molar-refractivity contribution in [3.63, 3.8) is 0 Å². The lowest BCUT2D eigenvalue weighted by molar-refractivity contribution is -0.115. The number of aromatic amines is 1. The van der Waals surface area contributed by atoms with Crippen molar-refractivity contribution in [3.05, 3.63) is 69.8 Å². The number of carbonyl (C=O) groups excluding carboxylic acids is 2. The number of rotatable bonds is 6. The van der Waals surface area contributed by atoms with E-state index in [0.717, 1.165) is 10.0 Å². The second-order valence-corrected chi connectivity index (χ2v) is 8.42.